The van der Waals surface area contributed by atoms with Crippen LogP contribution >= 0.6 is 11.3 Å². The van der Waals surface area contributed by atoms with Crippen LogP contribution < -0.4 is 15.5 Å². The highest BCUT2D eigenvalue weighted by Crippen LogP contribution is 2.36. The Morgan fingerprint density at radius 1 is 0.950 bits per heavy atom. The lowest BCUT2D eigenvalue weighted by atomic mass is 9.87. The number of aromatic nitrogens is 2. The fraction of sp³-hybridized carbons (Fsp3) is 0.552. The molecular formula is C29H38N6O3S2. The second kappa shape index (κ2) is 12.1. The minimum absolute atomic E-state index is 0.0973. The molecule has 40 heavy (non-hydrogen) atoms. The van der Waals surface area contributed by atoms with E-state index in [-0.39, 0.29) is 16.7 Å². The normalized spacial score (nSPS) is 20.1. The maximum atomic E-state index is 13.7. The lowest BCUT2D eigenvalue weighted by Crippen LogP contribution is -2.46. The third-order valence-electron chi connectivity index (χ3n) is 8.51. The molecule has 11 heteroatoms. The van der Waals surface area contributed by atoms with Crippen LogP contribution in [0, 0.1) is 5.92 Å². The SMILES string of the molecule is O=C(Nc1nc2ccc(N3CCCCC3)nc2s1)C(CC1CCCC1)c1ccc(S(=O)(=O)N2CCNCC2)cc1. The summed E-state index contributed by atoms with van der Waals surface area (Å²) in [5, 5.41) is 6.83. The van der Waals surface area contributed by atoms with E-state index in [1.54, 1.807) is 12.1 Å². The molecule has 9 nitrogen and oxygen atoms in total. The number of carbonyl (C=O) groups excluding carboxylic acids is 1. The number of thiazole rings is 1. The Morgan fingerprint density at radius 2 is 1.68 bits per heavy atom. The third kappa shape index (κ3) is 6.02. The van der Waals surface area contributed by atoms with E-state index < -0.39 is 10.0 Å². The quantitative estimate of drug-likeness (QED) is 0.400. The molecule has 2 N–H and O–H groups in total. The smallest absolute Gasteiger partial charge is 0.243 e. The second-order valence-corrected chi connectivity index (χ2v) is 14.1. The maximum absolute atomic E-state index is 13.7. The lowest BCUT2D eigenvalue weighted by molar-refractivity contribution is -0.118. The number of benzene rings is 1. The van der Waals surface area contributed by atoms with E-state index >= 15 is 0 Å². The number of piperidine rings is 1. The number of sulfonamides is 1. The van der Waals surface area contributed by atoms with Crippen LogP contribution in [-0.4, -0.2) is 67.9 Å². The Kier molecular flexibility index (Phi) is 8.34. The molecule has 1 unspecified atom stereocenters. The van der Waals surface area contributed by atoms with Crippen LogP contribution in [0.3, 0.4) is 0 Å². The fourth-order valence-electron chi connectivity index (χ4n) is 6.23. The Labute approximate surface area is 240 Å². The summed E-state index contributed by atoms with van der Waals surface area (Å²) in [5.41, 5.74) is 1.63. The van der Waals surface area contributed by atoms with Gasteiger partial charge in [0.05, 0.1) is 10.8 Å². The van der Waals surface area contributed by atoms with Crippen LogP contribution in [0.2, 0.25) is 0 Å². The number of anilines is 2. The molecule has 2 aliphatic heterocycles. The fourth-order valence-corrected chi connectivity index (χ4v) is 8.51. The van der Waals surface area contributed by atoms with Gasteiger partial charge in [0, 0.05) is 39.3 Å². The van der Waals surface area contributed by atoms with Gasteiger partial charge in [-0.1, -0.05) is 49.2 Å². The predicted molar refractivity (Wildman–Crippen MR) is 159 cm³/mol. The molecule has 0 bridgehead atoms. The molecule has 2 aromatic heterocycles. The maximum Gasteiger partial charge on any atom is 0.243 e. The molecule has 0 spiro atoms. The highest BCUT2D eigenvalue weighted by Gasteiger charge is 2.30. The topological polar surface area (TPSA) is 108 Å². The van der Waals surface area contributed by atoms with E-state index in [1.807, 2.05) is 24.3 Å². The largest absolute Gasteiger partial charge is 0.357 e. The summed E-state index contributed by atoms with van der Waals surface area (Å²) in [6.45, 7) is 4.29. The van der Waals surface area contributed by atoms with Gasteiger partial charge in [0.15, 0.2) is 5.13 Å². The molecule has 4 heterocycles. The summed E-state index contributed by atoms with van der Waals surface area (Å²) in [6.07, 6.45) is 9.05. The van der Waals surface area contributed by atoms with Crippen molar-refractivity contribution in [2.24, 2.45) is 5.92 Å². The molecule has 1 aromatic carbocycles. The zero-order valence-corrected chi connectivity index (χ0v) is 24.5. The second-order valence-electron chi connectivity index (χ2n) is 11.2. The molecule has 3 fully saturated rings. The summed E-state index contributed by atoms with van der Waals surface area (Å²) in [6, 6.07) is 11.0. The van der Waals surface area contributed by atoms with Gasteiger partial charge in [-0.3, -0.25) is 4.79 Å². The van der Waals surface area contributed by atoms with Crippen molar-refractivity contribution in [1.29, 1.82) is 0 Å². The van der Waals surface area contributed by atoms with Crippen LogP contribution in [-0.2, 0) is 14.8 Å². The standard InChI is InChI=1S/C29H38N6O3S2/c36-27(33-29-31-25-12-13-26(32-28(25)39-29)34-16-4-1-5-17-34)24(20-21-6-2-3-7-21)22-8-10-23(11-9-22)40(37,38)35-18-14-30-15-19-35/h8-13,21,24,30H,1-7,14-20H2,(H,31,33,36). The van der Waals surface area contributed by atoms with Crippen molar-refractivity contribution in [3.05, 3.63) is 42.0 Å². The molecule has 1 saturated carbocycles. The van der Waals surface area contributed by atoms with Crippen LogP contribution in [0.4, 0.5) is 10.9 Å². The number of nitrogens with one attached hydrogen (secondary N) is 2. The molecule has 3 aromatic rings. The molecule has 1 amide bonds. The average molecular weight is 583 g/mol. The van der Waals surface area contributed by atoms with Crippen LogP contribution in [0.5, 0.6) is 0 Å². The number of amides is 1. The summed E-state index contributed by atoms with van der Waals surface area (Å²) in [4.78, 5) is 26.7. The molecule has 1 aliphatic carbocycles. The monoisotopic (exact) mass is 582 g/mol. The van der Waals surface area contributed by atoms with Gasteiger partial charge in [0.1, 0.15) is 16.2 Å². The molecule has 6 rings (SSSR count). The van der Waals surface area contributed by atoms with E-state index in [4.69, 9.17) is 4.98 Å². The number of pyridine rings is 1. The third-order valence-corrected chi connectivity index (χ3v) is 11.3. The number of rotatable bonds is 8. The van der Waals surface area contributed by atoms with Crippen molar-refractivity contribution >= 4 is 48.6 Å². The van der Waals surface area contributed by atoms with Crippen LogP contribution in [0.25, 0.3) is 10.3 Å². The van der Waals surface area contributed by atoms with Crippen molar-refractivity contribution < 1.29 is 13.2 Å². The number of hydrogen-bond acceptors (Lipinski definition) is 8. The first-order valence-electron chi connectivity index (χ1n) is 14.6. The van der Waals surface area contributed by atoms with Crippen molar-refractivity contribution in [3.63, 3.8) is 0 Å². The van der Waals surface area contributed by atoms with Gasteiger partial charge in [-0.05, 0) is 61.4 Å². The first-order valence-corrected chi connectivity index (χ1v) is 16.9. The lowest BCUT2D eigenvalue weighted by Gasteiger charge is -2.27. The van der Waals surface area contributed by atoms with E-state index in [2.05, 4.69) is 20.5 Å². The van der Waals surface area contributed by atoms with Crippen molar-refractivity contribution in [3.8, 4) is 0 Å². The van der Waals surface area contributed by atoms with Gasteiger partial charge in [-0.2, -0.15) is 4.31 Å². The van der Waals surface area contributed by atoms with Gasteiger partial charge in [-0.15, -0.1) is 0 Å². The minimum Gasteiger partial charge on any atom is -0.357 e. The Bertz CT molecular complexity index is 1420. The summed E-state index contributed by atoms with van der Waals surface area (Å²) < 4.78 is 27.8. The van der Waals surface area contributed by atoms with Crippen molar-refractivity contribution in [2.45, 2.75) is 62.2 Å². The first-order chi connectivity index (χ1) is 19.5. The molecule has 3 aliphatic rings. The molecule has 214 valence electrons. The zero-order valence-electron chi connectivity index (χ0n) is 22.8. The Balaban J connectivity index is 1.21. The number of nitrogens with zero attached hydrogens (tertiary/aromatic N) is 4. The highest BCUT2D eigenvalue weighted by molar-refractivity contribution is 7.89. The number of piperazine rings is 1. The number of carbonyl (C=O) groups is 1. The number of hydrogen-bond donors (Lipinski definition) is 2. The highest BCUT2D eigenvalue weighted by atomic mass is 32.2. The molecule has 1 atom stereocenters. The molecular weight excluding hydrogens is 544 g/mol. The van der Waals surface area contributed by atoms with E-state index in [0.29, 0.717) is 37.2 Å². The van der Waals surface area contributed by atoms with Gasteiger partial charge in [0.2, 0.25) is 15.9 Å². The van der Waals surface area contributed by atoms with Gasteiger partial charge >= 0.3 is 0 Å². The summed E-state index contributed by atoms with van der Waals surface area (Å²) in [5.74, 6) is 0.996. The van der Waals surface area contributed by atoms with Crippen molar-refractivity contribution in [2.75, 3.05) is 49.5 Å². The van der Waals surface area contributed by atoms with Crippen LogP contribution in [0.15, 0.2) is 41.3 Å². The minimum atomic E-state index is -3.55. The average Bonchev–Trinajstić information content (AvgIpc) is 3.66. The predicted octanol–water partition coefficient (Wildman–Crippen LogP) is 4.58. The Morgan fingerprint density at radius 3 is 2.40 bits per heavy atom. The van der Waals surface area contributed by atoms with Gasteiger partial charge in [-0.25, -0.2) is 18.4 Å². The Hall–Kier alpha value is -2.60. The van der Waals surface area contributed by atoms with Gasteiger partial charge in [0.25, 0.3) is 0 Å². The molecule has 0 radical (unpaired) electrons. The zero-order chi connectivity index (χ0) is 27.5. The van der Waals surface area contributed by atoms with Crippen LogP contribution in [0.1, 0.15) is 62.8 Å². The van der Waals surface area contributed by atoms with Crippen molar-refractivity contribution in [1.82, 2.24) is 19.6 Å². The molecule has 2 saturated heterocycles. The van der Waals surface area contributed by atoms with E-state index in [0.717, 1.165) is 54.1 Å². The summed E-state index contributed by atoms with van der Waals surface area (Å²) >= 11 is 1.41. The number of fused-ring (bicyclic) bond motifs is 1. The van der Waals surface area contributed by atoms with Gasteiger partial charge < -0.3 is 15.5 Å². The summed E-state index contributed by atoms with van der Waals surface area (Å²) in [7, 11) is -3.55. The van der Waals surface area contributed by atoms with E-state index in [9.17, 15) is 13.2 Å². The van der Waals surface area contributed by atoms with E-state index in [1.165, 1.54) is 47.7 Å². The first kappa shape index (κ1) is 27.6.